The second-order valence-corrected chi connectivity index (χ2v) is 2.95. The third kappa shape index (κ3) is 1.87. The van der Waals surface area contributed by atoms with Gasteiger partial charge >= 0.3 is 0 Å². The van der Waals surface area contributed by atoms with Gasteiger partial charge in [-0.2, -0.15) is 5.26 Å². The Balaban J connectivity index is 3.42. The largest absolute Gasteiger partial charge is 0.280 e. The van der Waals surface area contributed by atoms with E-state index in [1.807, 2.05) is 0 Å². The zero-order chi connectivity index (χ0) is 10.7. The summed E-state index contributed by atoms with van der Waals surface area (Å²) in [4.78, 5) is 3.25. The highest BCUT2D eigenvalue weighted by molar-refractivity contribution is 9.08. The maximum absolute atomic E-state index is 12.9. The van der Waals surface area contributed by atoms with Crippen molar-refractivity contribution in [1.82, 2.24) is 4.98 Å². The van der Waals surface area contributed by atoms with Gasteiger partial charge in [0.2, 0.25) is 0 Å². The first-order valence-electron chi connectivity index (χ1n) is 3.53. The summed E-state index contributed by atoms with van der Waals surface area (Å²) in [7, 11) is 0. The number of nitrogens with zero attached hydrogens (tertiary/aromatic N) is 2. The maximum Gasteiger partial charge on any atom is 0.280 e. The molecule has 2 nitrogen and oxygen atoms in total. The molecule has 1 aromatic heterocycles. The van der Waals surface area contributed by atoms with Gasteiger partial charge in [0.15, 0.2) is 5.82 Å². The minimum atomic E-state index is -2.81. The summed E-state index contributed by atoms with van der Waals surface area (Å²) in [6.07, 6.45) is -2.18. The molecule has 74 valence electrons. The summed E-state index contributed by atoms with van der Waals surface area (Å²) in [5.41, 5.74) is -1.03. The molecule has 0 bridgehead atoms. The lowest BCUT2D eigenvalue weighted by Crippen LogP contribution is -2.02. The number of hydrogen-bond acceptors (Lipinski definition) is 2. The number of alkyl halides is 3. The Morgan fingerprint density at radius 2 is 2.21 bits per heavy atom. The lowest BCUT2D eigenvalue weighted by molar-refractivity contribution is 0.145. The van der Waals surface area contributed by atoms with Crippen LogP contribution in [-0.4, -0.2) is 4.98 Å². The van der Waals surface area contributed by atoms with E-state index in [0.29, 0.717) is 6.20 Å². The second kappa shape index (κ2) is 4.42. The lowest BCUT2D eigenvalue weighted by atomic mass is 10.1. The van der Waals surface area contributed by atoms with Crippen LogP contribution in [0.15, 0.2) is 6.20 Å². The minimum absolute atomic E-state index is 0.0275. The van der Waals surface area contributed by atoms with Crippen LogP contribution in [0.2, 0.25) is 0 Å². The van der Waals surface area contributed by atoms with Crippen molar-refractivity contribution in [2.24, 2.45) is 0 Å². The SMILES string of the molecule is N#Cc1c(F)cnc(C(F)F)c1CBr. The van der Waals surface area contributed by atoms with Crippen molar-refractivity contribution in [1.29, 1.82) is 5.26 Å². The standard InChI is InChI=1S/C8H4BrF3N2/c9-1-4-5(2-13)6(10)3-14-7(4)8(11)12/h3,8H,1H2. The molecule has 0 atom stereocenters. The van der Waals surface area contributed by atoms with E-state index in [1.165, 1.54) is 6.07 Å². The van der Waals surface area contributed by atoms with Gasteiger partial charge in [0, 0.05) is 10.9 Å². The molecule has 0 radical (unpaired) electrons. The number of hydrogen-bond donors (Lipinski definition) is 0. The number of pyridine rings is 1. The monoisotopic (exact) mass is 264 g/mol. The molecule has 0 spiro atoms. The van der Waals surface area contributed by atoms with Gasteiger partial charge in [0.25, 0.3) is 6.43 Å². The van der Waals surface area contributed by atoms with Crippen molar-refractivity contribution in [2.45, 2.75) is 11.8 Å². The van der Waals surface area contributed by atoms with E-state index in [4.69, 9.17) is 5.26 Å². The van der Waals surface area contributed by atoms with E-state index in [2.05, 4.69) is 20.9 Å². The van der Waals surface area contributed by atoms with Crippen molar-refractivity contribution in [3.63, 3.8) is 0 Å². The normalized spacial score (nSPS) is 10.3. The van der Waals surface area contributed by atoms with Crippen LogP contribution >= 0.6 is 15.9 Å². The van der Waals surface area contributed by atoms with E-state index in [0.717, 1.165) is 0 Å². The van der Waals surface area contributed by atoms with E-state index in [9.17, 15) is 13.2 Å². The smallest absolute Gasteiger partial charge is 0.252 e. The van der Waals surface area contributed by atoms with Crippen LogP contribution in [-0.2, 0) is 5.33 Å². The minimum Gasteiger partial charge on any atom is -0.252 e. The van der Waals surface area contributed by atoms with Crippen LogP contribution in [0.1, 0.15) is 23.2 Å². The third-order valence-electron chi connectivity index (χ3n) is 1.62. The van der Waals surface area contributed by atoms with Gasteiger partial charge in [-0.15, -0.1) is 0 Å². The van der Waals surface area contributed by atoms with Crippen molar-refractivity contribution < 1.29 is 13.2 Å². The average molecular weight is 265 g/mol. The Bertz CT molecular complexity index is 387. The molecule has 0 aliphatic carbocycles. The fourth-order valence-corrected chi connectivity index (χ4v) is 1.55. The lowest BCUT2D eigenvalue weighted by Gasteiger charge is -2.06. The first kappa shape index (κ1) is 11.0. The molecule has 0 aromatic carbocycles. The highest BCUT2D eigenvalue weighted by Gasteiger charge is 2.19. The summed E-state index contributed by atoms with van der Waals surface area (Å²) in [5, 5.41) is 8.53. The van der Waals surface area contributed by atoms with Gasteiger partial charge in [0.05, 0.1) is 11.8 Å². The van der Waals surface area contributed by atoms with Gasteiger partial charge in [-0.3, -0.25) is 4.98 Å². The molecular weight excluding hydrogens is 261 g/mol. The van der Waals surface area contributed by atoms with E-state index < -0.39 is 17.9 Å². The van der Waals surface area contributed by atoms with Gasteiger partial charge in [-0.05, 0) is 0 Å². The maximum atomic E-state index is 12.9. The molecule has 6 heteroatoms. The summed E-state index contributed by atoms with van der Waals surface area (Å²) in [6, 6.07) is 1.53. The topological polar surface area (TPSA) is 36.7 Å². The fraction of sp³-hybridized carbons (Fsp3) is 0.250. The van der Waals surface area contributed by atoms with Crippen LogP contribution in [0.4, 0.5) is 13.2 Å². The molecule has 1 rings (SSSR count). The Morgan fingerprint density at radius 1 is 1.57 bits per heavy atom. The Morgan fingerprint density at radius 3 is 2.64 bits per heavy atom. The summed E-state index contributed by atoms with van der Waals surface area (Å²) in [6.45, 7) is 0. The highest BCUT2D eigenvalue weighted by atomic mass is 79.9. The van der Waals surface area contributed by atoms with Crippen LogP contribution in [0.5, 0.6) is 0 Å². The molecule has 14 heavy (non-hydrogen) atoms. The molecule has 0 fully saturated rings. The van der Waals surface area contributed by atoms with Crippen LogP contribution in [0.25, 0.3) is 0 Å². The molecular formula is C8H4BrF3N2. The Kier molecular flexibility index (Phi) is 3.47. The molecule has 0 amide bonds. The van der Waals surface area contributed by atoms with Gasteiger partial charge in [-0.25, -0.2) is 13.2 Å². The summed E-state index contributed by atoms with van der Waals surface area (Å²) in [5.74, 6) is -0.883. The van der Waals surface area contributed by atoms with Crippen molar-refractivity contribution in [3.05, 3.63) is 28.8 Å². The summed E-state index contributed by atoms with van der Waals surface area (Å²) < 4.78 is 37.6. The molecule has 0 saturated heterocycles. The van der Waals surface area contributed by atoms with Gasteiger partial charge < -0.3 is 0 Å². The fourth-order valence-electron chi connectivity index (χ4n) is 0.985. The Labute approximate surface area is 86.5 Å². The van der Waals surface area contributed by atoms with E-state index in [1.54, 1.807) is 0 Å². The first-order valence-corrected chi connectivity index (χ1v) is 4.65. The van der Waals surface area contributed by atoms with E-state index in [-0.39, 0.29) is 16.5 Å². The average Bonchev–Trinajstić information content (AvgIpc) is 2.16. The molecule has 0 aliphatic rings. The zero-order valence-electron chi connectivity index (χ0n) is 6.77. The molecule has 1 aromatic rings. The van der Waals surface area contributed by atoms with Crippen LogP contribution < -0.4 is 0 Å². The molecule has 0 saturated carbocycles. The van der Waals surface area contributed by atoms with Crippen LogP contribution in [0.3, 0.4) is 0 Å². The van der Waals surface area contributed by atoms with Crippen molar-refractivity contribution in [3.8, 4) is 6.07 Å². The highest BCUT2D eigenvalue weighted by Crippen LogP contribution is 2.26. The van der Waals surface area contributed by atoms with Crippen molar-refractivity contribution in [2.75, 3.05) is 0 Å². The number of nitriles is 1. The second-order valence-electron chi connectivity index (χ2n) is 2.39. The van der Waals surface area contributed by atoms with Gasteiger partial charge in [0.1, 0.15) is 11.8 Å². The number of rotatable bonds is 2. The third-order valence-corrected chi connectivity index (χ3v) is 2.18. The summed E-state index contributed by atoms with van der Waals surface area (Å²) >= 11 is 2.91. The predicted molar refractivity (Wildman–Crippen MR) is 46.5 cm³/mol. The van der Waals surface area contributed by atoms with Crippen LogP contribution in [0, 0.1) is 17.1 Å². The predicted octanol–water partition coefficient (Wildman–Crippen LogP) is 2.92. The first-order chi connectivity index (χ1) is 6.61. The van der Waals surface area contributed by atoms with Crippen molar-refractivity contribution >= 4 is 15.9 Å². The number of halogens is 4. The van der Waals surface area contributed by atoms with E-state index >= 15 is 0 Å². The number of aromatic nitrogens is 1. The molecule has 0 aliphatic heterocycles. The quantitative estimate of drug-likeness (QED) is 0.771. The van der Waals surface area contributed by atoms with Gasteiger partial charge in [-0.1, -0.05) is 15.9 Å². The molecule has 0 unspecified atom stereocenters. The molecule has 0 N–H and O–H groups in total. The Hall–Kier alpha value is -1.09. The molecule has 1 heterocycles. The zero-order valence-corrected chi connectivity index (χ0v) is 8.35.